The Morgan fingerprint density at radius 3 is 2.42 bits per heavy atom. The van der Waals surface area contributed by atoms with Gasteiger partial charge in [0.2, 0.25) is 11.8 Å². The lowest BCUT2D eigenvalue weighted by Crippen LogP contribution is -2.36. The third kappa shape index (κ3) is 5.00. The van der Waals surface area contributed by atoms with Crippen LogP contribution in [0, 0.1) is 6.92 Å². The number of hydrogen-bond acceptors (Lipinski definition) is 4. The summed E-state index contributed by atoms with van der Waals surface area (Å²) >= 11 is 6.15. The van der Waals surface area contributed by atoms with E-state index < -0.39 is 17.5 Å². The normalized spacial score (nSPS) is 11.6. The molecule has 0 spiro atoms. The highest BCUT2D eigenvalue weighted by molar-refractivity contribution is 6.31. The van der Waals surface area contributed by atoms with Gasteiger partial charge in [0.15, 0.2) is 0 Å². The molecule has 0 radical (unpaired) electrons. The Kier molecular flexibility index (Phi) is 6.87. The van der Waals surface area contributed by atoms with Crippen molar-refractivity contribution in [3.8, 4) is 11.3 Å². The van der Waals surface area contributed by atoms with Gasteiger partial charge in [0.25, 0.3) is 5.56 Å². The van der Waals surface area contributed by atoms with Gasteiger partial charge in [-0.05, 0) is 37.1 Å². The van der Waals surface area contributed by atoms with Crippen LogP contribution in [0.4, 0.5) is 11.4 Å². The van der Waals surface area contributed by atoms with Gasteiger partial charge in [-0.25, -0.2) is 4.68 Å². The van der Waals surface area contributed by atoms with Crippen molar-refractivity contribution in [2.24, 2.45) is 0 Å². The van der Waals surface area contributed by atoms with Gasteiger partial charge >= 0.3 is 0 Å². The van der Waals surface area contributed by atoms with E-state index in [0.29, 0.717) is 22.8 Å². The van der Waals surface area contributed by atoms with Crippen LogP contribution in [-0.4, -0.2) is 21.6 Å². The number of nitrogens with one attached hydrogen (secondary N) is 2. The molecule has 3 rings (SSSR count). The van der Waals surface area contributed by atoms with Crippen molar-refractivity contribution in [1.82, 2.24) is 9.78 Å². The minimum absolute atomic E-state index is 0.0616. The van der Waals surface area contributed by atoms with Crippen LogP contribution < -0.4 is 16.2 Å². The molecular formula is C23H23ClN4O3. The molecule has 0 saturated heterocycles. The van der Waals surface area contributed by atoms with Crippen molar-refractivity contribution in [3.63, 3.8) is 0 Å². The summed E-state index contributed by atoms with van der Waals surface area (Å²) in [5, 5.41) is 10.4. The molecule has 8 heteroatoms. The molecule has 2 amide bonds. The van der Waals surface area contributed by atoms with E-state index in [2.05, 4.69) is 15.7 Å². The van der Waals surface area contributed by atoms with E-state index in [4.69, 9.17) is 11.6 Å². The molecule has 3 aromatic rings. The fraction of sp³-hybridized carbons (Fsp3) is 0.217. The molecule has 0 aliphatic rings. The Hall–Kier alpha value is -3.45. The lowest BCUT2D eigenvalue weighted by Gasteiger charge is -2.20. The monoisotopic (exact) mass is 438 g/mol. The number of aromatic nitrogens is 2. The fourth-order valence-electron chi connectivity index (χ4n) is 3.18. The third-order valence-corrected chi connectivity index (χ3v) is 5.23. The van der Waals surface area contributed by atoms with Crippen LogP contribution in [0.1, 0.15) is 31.9 Å². The summed E-state index contributed by atoms with van der Waals surface area (Å²) in [6.45, 7) is 4.91. The zero-order valence-electron chi connectivity index (χ0n) is 17.5. The van der Waals surface area contributed by atoms with Gasteiger partial charge in [0, 0.05) is 23.2 Å². The zero-order valence-corrected chi connectivity index (χ0v) is 18.2. The number of carbonyl (C=O) groups excluding carboxylic acids is 2. The molecule has 2 N–H and O–H groups in total. The summed E-state index contributed by atoms with van der Waals surface area (Å²) in [6.07, 6.45) is 0.316. The number of benzene rings is 2. The largest absolute Gasteiger partial charge is 0.324 e. The molecule has 0 saturated carbocycles. The Labute approximate surface area is 185 Å². The smallest absolute Gasteiger partial charge is 0.291 e. The number of amides is 2. The highest BCUT2D eigenvalue weighted by Gasteiger charge is 2.24. The first kappa shape index (κ1) is 22.2. The van der Waals surface area contributed by atoms with Crippen molar-refractivity contribution in [3.05, 3.63) is 75.5 Å². The zero-order chi connectivity index (χ0) is 22.5. The highest BCUT2D eigenvalue weighted by Crippen LogP contribution is 2.25. The van der Waals surface area contributed by atoms with Gasteiger partial charge in [0.1, 0.15) is 11.7 Å². The van der Waals surface area contributed by atoms with Crippen LogP contribution >= 0.6 is 11.6 Å². The predicted octanol–water partition coefficient (Wildman–Crippen LogP) is 4.42. The Balaban J connectivity index is 2.07. The van der Waals surface area contributed by atoms with E-state index in [-0.39, 0.29) is 11.6 Å². The summed E-state index contributed by atoms with van der Waals surface area (Å²) in [7, 11) is 0. The van der Waals surface area contributed by atoms with Crippen molar-refractivity contribution in [1.29, 1.82) is 0 Å². The lowest BCUT2D eigenvalue weighted by atomic mass is 10.1. The van der Waals surface area contributed by atoms with Crippen LogP contribution in [-0.2, 0) is 9.59 Å². The summed E-state index contributed by atoms with van der Waals surface area (Å²) in [6, 6.07) is 15.1. The molecular weight excluding hydrogens is 416 g/mol. The number of carbonyl (C=O) groups is 2. The molecule has 31 heavy (non-hydrogen) atoms. The van der Waals surface area contributed by atoms with Crippen molar-refractivity contribution in [2.45, 2.75) is 33.2 Å². The second kappa shape index (κ2) is 9.57. The molecule has 160 valence electrons. The first-order valence-electron chi connectivity index (χ1n) is 9.84. The van der Waals surface area contributed by atoms with Crippen LogP contribution in [0.3, 0.4) is 0 Å². The van der Waals surface area contributed by atoms with E-state index >= 15 is 0 Å². The quantitative estimate of drug-likeness (QED) is 0.595. The fourth-order valence-corrected chi connectivity index (χ4v) is 3.36. The molecule has 2 aromatic carbocycles. The second-order valence-corrected chi connectivity index (χ2v) is 7.47. The molecule has 0 fully saturated rings. The number of nitrogens with zero attached hydrogens (tertiary/aromatic N) is 2. The average molecular weight is 439 g/mol. The summed E-state index contributed by atoms with van der Waals surface area (Å²) in [5.74, 6) is -0.789. The maximum absolute atomic E-state index is 13.1. The van der Waals surface area contributed by atoms with Crippen molar-refractivity contribution < 1.29 is 9.59 Å². The van der Waals surface area contributed by atoms with Crippen molar-refractivity contribution in [2.75, 3.05) is 10.6 Å². The number of halogens is 1. The minimum atomic E-state index is -0.887. The third-order valence-electron chi connectivity index (χ3n) is 4.83. The molecule has 1 aromatic heterocycles. The minimum Gasteiger partial charge on any atom is -0.324 e. The van der Waals surface area contributed by atoms with Gasteiger partial charge in [0.05, 0.1) is 5.69 Å². The van der Waals surface area contributed by atoms with E-state index in [1.807, 2.05) is 30.3 Å². The van der Waals surface area contributed by atoms with Gasteiger partial charge in [-0.1, -0.05) is 54.9 Å². The lowest BCUT2D eigenvalue weighted by molar-refractivity contribution is -0.119. The first-order chi connectivity index (χ1) is 14.8. The van der Waals surface area contributed by atoms with Crippen LogP contribution in [0.2, 0.25) is 5.02 Å². The average Bonchev–Trinajstić information content (AvgIpc) is 2.74. The van der Waals surface area contributed by atoms with Gasteiger partial charge in [-0.2, -0.15) is 5.10 Å². The number of anilines is 2. The molecule has 7 nitrogen and oxygen atoms in total. The van der Waals surface area contributed by atoms with Crippen LogP contribution in [0.15, 0.2) is 59.4 Å². The molecule has 0 aliphatic carbocycles. The van der Waals surface area contributed by atoms with E-state index in [9.17, 15) is 14.4 Å². The number of rotatable bonds is 6. The molecule has 1 atom stereocenters. The maximum Gasteiger partial charge on any atom is 0.291 e. The van der Waals surface area contributed by atoms with Crippen molar-refractivity contribution >= 4 is 34.8 Å². The van der Waals surface area contributed by atoms with Gasteiger partial charge < -0.3 is 10.6 Å². The highest BCUT2D eigenvalue weighted by atomic mass is 35.5. The van der Waals surface area contributed by atoms with Crippen LogP contribution in [0.5, 0.6) is 0 Å². The Morgan fingerprint density at radius 2 is 1.77 bits per heavy atom. The van der Waals surface area contributed by atoms with E-state index in [1.165, 1.54) is 13.0 Å². The second-order valence-electron chi connectivity index (χ2n) is 7.07. The van der Waals surface area contributed by atoms with E-state index in [1.54, 1.807) is 32.0 Å². The maximum atomic E-state index is 13.1. The van der Waals surface area contributed by atoms with E-state index in [0.717, 1.165) is 15.8 Å². The Bertz CT molecular complexity index is 1180. The first-order valence-corrected chi connectivity index (χ1v) is 10.2. The molecule has 0 aliphatic heterocycles. The summed E-state index contributed by atoms with van der Waals surface area (Å²) in [5.41, 5.74) is 2.01. The Morgan fingerprint density at radius 1 is 1.06 bits per heavy atom. The molecule has 0 unspecified atom stereocenters. The molecule has 0 bridgehead atoms. The topological polar surface area (TPSA) is 93.1 Å². The summed E-state index contributed by atoms with van der Waals surface area (Å²) in [4.78, 5) is 37.8. The standard InChI is InChI=1S/C23H23ClN4O3/c1-4-21(22(30)26-18-12-8-11-17(24)14(18)2)28-23(31)20(25-15(3)29)13-19(27-28)16-9-6-5-7-10-16/h5-13,21H,4H2,1-3H3,(H,25,29)(H,26,30)/t21-/m0/s1. The van der Waals surface area contributed by atoms with Gasteiger partial charge in [-0.15, -0.1) is 0 Å². The van der Waals surface area contributed by atoms with Gasteiger partial charge in [-0.3, -0.25) is 14.4 Å². The van der Waals surface area contributed by atoms with Crippen LogP contribution in [0.25, 0.3) is 11.3 Å². The SMILES string of the molecule is CC[C@@H](C(=O)Nc1cccc(Cl)c1C)n1nc(-c2ccccc2)cc(NC(C)=O)c1=O. The summed E-state index contributed by atoms with van der Waals surface area (Å²) < 4.78 is 1.13. The number of hydrogen-bond donors (Lipinski definition) is 2. The predicted molar refractivity (Wildman–Crippen MR) is 122 cm³/mol. The molecule has 1 heterocycles.